The molecule has 3 heterocycles. The van der Waals surface area contributed by atoms with Gasteiger partial charge in [0.15, 0.2) is 5.82 Å². The predicted molar refractivity (Wildman–Crippen MR) is 126 cm³/mol. The van der Waals surface area contributed by atoms with Crippen molar-refractivity contribution in [2.24, 2.45) is 0 Å². The second-order valence-corrected chi connectivity index (χ2v) is 7.22. The fourth-order valence-electron chi connectivity index (χ4n) is 3.47. The number of aromatic nitrogens is 4. The number of nitrogens with one attached hydrogen (secondary N) is 1. The summed E-state index contributed by atoms with van der Waals surface area (Å²) in [5.74, 6) is 0.868. The van der Waals surface area contributed by atoms with Crippen molar-refractivity contribution in [1.82, 2.24) is 24.4 Å². The Labute approximate surface area is 188 Å². The lowest BCUT2D eigenvalue weighted by molar-refractivity contribution is 0.139. The highest BCUT2D eigenvalue weighted by atomic mass is 16.5. The van der Waals surface area contributed by atoms with Crippen molar-refractivity contribution in [3.05, 3.63) is 40.9 Å². The number of methoxy groups -OCH3 is 1. The van der Waals surface area contributed by atoms with Crippen LogP contribution in [0.3, 0.4) is 0 Å². The van der Waals surface area contributed by atoms with Crippen molar-refractivity contribution in [2.45, 2.75) is 27.3 Å². The summed E-state index contributed by atoms with van der Waals surface area (Å²) in [6.45, 7) is 11.1. The van der Waals surface area contributed by atoms with E-state index in [9.17, 15) is 4.79 Å². The second-order valence-electron chi connectivity index (χ2n) is 7.22. The van der Waals surface area contributed by atoms with Gasteiger partial charge in [-0.25, -0.2) is 9.97 Å². The molecule has 0 aliphatic heterocycles. The lowest BCUT2D eigenvalue weighted by Gasteiger charge is -2.18. The fourth-order valence-corrected chi connectivity index (χ4v) is 3.47. The van der Waals surface area contributed by atoms with Gasteiger partial charge in [0.05, 0.1) is 31.1 Å². The number of rotatable bonds is 12. The number of likely N-dealkylation sites (N-methyl/N-ethyl adjacent to an activating group) is 1. The number of anilines is 1. The largest absolute Gasteiger partial charge is 0.481 e. The van der Waals surface area contributed by atoms with Gasteiger partial charge < -0.3 is 24.3 Å². The lowest BCUT2D eigenvalue weighted by Crippen LogP contribution is -2.32. The maximum Gasteiger partial charge on any atom is 0.293 e. The molecule has 0 bridgehead atoms. The van der Waals surface area contributed by atoms with Gasteiger partial charge in [0.25, 0.3) is 5.56 Å². The monoisotopic (exact) mass is 440 g/mol. The first-order valence-electron chi connectivity index (χ1n) is 11.1. The summed E-state index contributed by atoms with van der Waals surface area (Å²) in [5.41, 5.74) is 2.74. The van der Waals surface area contributed by atoms with Crippen LogP contribution in [0.4, 0.5) is 5.82 Å². The van der Waals surface area contributed by atoms with E-state index < -0.39 is 0 Å². The Morgan fingerprint density at radius 1 is 1.12 bits per heavy atom. The second kappa shape index (κ2) is 11.5. The van der Waals surface area contributed by atoms with Crippen LogP contribution in [0.2, 0.25) is 0 Å². The average molecular weight is 441 g/mol. The van der Waals surface area contributed by atoms with Crippen molar-refractivity contribution in [3.63, 3.8) is 0 Å². The first-order chi connectivity index (χ1) is 15.6. The van der Waals surface area contributed by atoms with Crippen molar-refractivity contribution in [1.29, 1.82) is 0 Å². The summed E-state index contributed by atoms with van der Waals surface area (Å²) in [6.07, 6.45) is 3.40. The summed E-state index contributed by atoms with van der Waals surface area (Å²) in [5, 5.41) is 3.22. The summed E-state index contributed by atoms with van der Waals surface area (Å²) in [6, 6.07) is 5.54. The third-order valence-corrected chi connectivity index (χ3v) is 5.35. The Morgan fingerprint density at radius 2 is 1.94 bits per heavy atom. The molecule has 0 saturated heterocycles. The molecule has 0 atom stereocenters. The molecule has 32 heavy (non-hydrogen) atoms. The SMILES string of the molecule is CCOCCn1c(=O)c(NCCN(CC)CC)nc2cnc(-c3ccc(OC)nc3)cc21. The fraction of sp³-hybridized carbons (Fsp3) is 0.478. The van der Waals surface area contributed by atoms with Gasteiger partial charge in [-0.1, -0.05) is 13.8 Å². The zero-order chi connectivity index (χ0) is 22.9. The third-order valence-electron chi connectivity index (χ3n) is 5.35. The Morgan fingerprint density at radius 3 is 2.59 bits per heavy atom. The van der Waals surface area contributed by atoms with Crippen LogP contribution < -0.4 is 15.6 Å². The van der Waals surface area contributed by atoms with Gasteiger partial charge in [-0.2, -0.15) is 0 Å². The van der Waals surface area contributed by atoms with E-state index in [0.717, 1.165) is 25.2 Å². The van der Waals surface area contributed by atoms with E-state index in [-0.39, 0.29) is 5.56 Å². The quantitative estimate of drug-likeness (QED) is 0.430. The molecule has 3 aromatic heterocycles. The highest BCUT2D eigenvalue weighted by molar-refractivity contribution is 5.80. The number of fused-ring (bicyclic) bond motifs is 1. The molecule has 0 aromatic carbocycles. The van der Waals surface area contributed by atoms with E-state index in [4.69, 9.17) is 9.47 Å². The molecule has 0 amide bonds. The number of ether oxygens (including phenoxy) is 2. The standard InChI is InChI=1S/C23H32N6O3/c1-5-28(6-2)11-10-24-22-23(30)29(12-13-32-7-3)20-14-18(25-16-19(20)27-22)17-8-9-21(31-4)26-15-17/h8-9,14-16H,5-7,10-13H2,1-4H3,(H,24,27). The van der Waals surface area contributed by atoms with Crippen molar-refractivity contribution in [3.8, 4) is 17.1 Å². The molecular weight excluding hydrogens is 408 g/mol. The van der Waals surface area contributed by atoms with Gasteiger partial charge in [-0.05, 0) is 32.1 Å². The van der Waals surface area contributed by atoms with Crippen LogP contribution in [0, 0.1) is 0 Å². The maximum atomic E-state index is 13.2. The molecule has 1 N–H and O–H groups in total. The highest BCUT2D eigenvalue weighted by Crippen LogP contribution is 2.22. The molecule has 0 fully saturated rings. The molecule has 3 aromatic rings. The van der Waals surface area contributed by atoms with Crippen molar-refractivity contribution < 1.29 is 9.47 Å². The minimum Gasteiger partial charge on any atom is -0.481 e. The first kappa shape index (κ1) is 23.6. The smallest absolute Gasteiger partial charge is 0.293 e. The van der Waals surface area contributed by atoms with E-state index in [2.05, 4.69) is 39.0 Å². The van der Waals surface area contributed by atoms with E-state index in [1.165, 1.54) is 0 Å². The van der Waals surface area contributed by atoms with Crippen LogP contribution >= 0.6 is 0 Å². The Kier molecular flexibility index (Phi) is 8.52. The first-order valence-corrected chi connectivity index (χ1v) is 11.1. The van der Waals surface area contributed by atoms with Crippen molar-refractivity contribution >= 4 is 16.9 Å². The van der Waals surface area contributed by atoms with Crippen LogP contribution in [-0.2, 0) is 11.3 Å². The van der Waals surface area contributed by atoms with E-state index in [1.807, 2.05) is 19.1 Å². The van der Waals surface area contributed by atoms with Crippen LogP contribution in [0.1, 0.15) is 20.8 Å². The minimum atomic E-state index is -0.165. The molecule has 9 heteroatoms. The highest BCUT2D eigenvalue weighted by Gasteiger charge is 2.13. The summed E-state index contributed by atoms with van der Waals surface area (Å²) in [4.78, 5) is 28.9. The molecule has 9 nitrogen and oxygen atoms in total. The molecule has 172 valence electrons. The Bertz CT molecular complexity index is 1060. The van der Waals surface area contributed by atoms with Crippen LogP contribution in [-0.4, -0.2) is 70.9 Å². The molecule has 0 aliphatic rings. The number of nitrogens with zero attached hydrogens (tertiary/aromatic N) is 5. The Hall–Kier alpha value is -3.04. The van der Waals surface area contributed by atoms with E-state index in [1.54, 1.807) is 30.1 Å². The normalized spacial score (nSPS) is 11.3. The van der Waals surface area contributed by atoms with Crippen LogP contribution in [0.15, 0.2) is 35.4 Å². The van der Waals surface area contributed by atoms with Gasteiger partial charge in [0, 0.05) is 44.1 Å². The Balaban J connectivity index is 1.96. The van der Waals surface area contributed by atoms with Crippen LogP contribution in [0.25, 0.3) is 22.3 Å². The lowest BCUT2D eigenvalue weighted by atomic mass is 10.2. The zero-order valence-electron chi connectivity index (χ0n) is 19.3. The van der Waals surface area contributed by atoms with Gasteiger partial charge >= 0.3 is 0 Å². The molecule has 0 radical (unpaired) electrons. The van der Waals surface area contributed by atoms with Crippen LogP contribution in [0.5, 0.6) is 5.88 Å². The maximum absolute atomic E-state index is 13.2. The van der Waals surface area contributed by atoms with Crippen molar-refractivity contribution in [2.75, 3.05) is 51.8 Å². The molecule has 0 aliphatic carbocycles. The van der Waals surface area contributed by atoms with E-state index >= 15 is 0 Å². The molecule has 0 unspecified atom stereocenters. The summed E-state index contributed by atoms with van der Waals surface area (Å²) < 4.78 is 12.4. The molecular formula is C23H32N6O3. The van der Waals surface area contributed by atoms with Gasteiger partial charge in [0.1, 0.15) is 5.52 Å². The van der Waals surface area contributed by atoms with Gasteiger partial charge in [0.2, 0.25) is 5.88 Å². The third kappa shape index (κ3) is 5.60. The van der Waals surface area contributed by atoms with Gasteiger partial charge in [-0.15, -0.1) is 0 Å². The topological polar surface area (TPSA) is 94.4 Å². The summed E-state index contributed by atoms with van der Waals surface area (Å²) >= 11 is 0. The number of hydrogen-bond donors (Lipinski definition) is 1. The molecule has 3 rings (SSSR count). The van der Waals surface area contributed by atoms with E-state index in [0.29, 0.717) is 54.7 Å². The minimum absolute atomic E-state index is 0.165. The molecule has 0 spiro atoms. The summed E-state index contributed by atoms with van der Waals surface area (Å²) in [7, 11) is 1.58. The van der Waals surface area contributed by atoms with Gasteiger partial charge in [-0.3, -0.25) is 9.78 Å². The number of hydrogen-bond acceptors (Lipinski definition) is 8. The molecule has 0 saturated carbocycles. The zero-order valence-corrected chi connectivity index (χ0v) is 19.3. The average Bonchev–Trinajstić information content (AvgIpc) is 2.83. The number of pyridine rings is 2. The predicted octanol–water partition coefficient (Wildman–Crippen LogP) is 2.65.